The molecule has 5 heteroatoms. The number of rotatable bonds is 10. The van der Waals surface area contributed by atoms with Gasteiger partial charge in [-0.2, -0.15) is 0 Å². The highest BCUT2D eigenvalue weighted by Gasteiger charge is 2.64. The van der Waals surface area contributed by atoms with E-state index in [1.807, 2.05) is 0 Å². The Morgan fingerprint density at radius 1 is 0.955 bits per heavy atom. The fourth-order valence-electron chi connectivity index (χ4n) is 4.34. The van der Waals surface area contributed by atoms with Crippen molar-refractivity contribution in [1.82, 2.24) is 4.90 Å². The minimum atomic E-state index is -2.41. The Labute approximate surface area is 138 Å². The van der Waals surface area contributed by atoms with Gasteiger partial charge in [-0.3, -0.25) is 4.90 Å². The molecule has 0 N–H and O–H groups in total. The molecule has 0 aliphatic carbocycles. The van der Waals surface area contributed by atoms with E-state index in [1.165, 1.54) is 12.8 Å². The number of likely N-dealkylation sites (N-methyl/N-ethyl adjacent to an activating group) is 1. The van der Waals surface area contributed by atoms with Gasteiger partial charge in [0.2, 0.25) is 0 Å². The number of hydrogen-bond acceptors (Lipinski definition) is 4. The van der Waals surface area contributed by atoms with Gasteiger partial charge < -0.3 is 13.6 Å². The Balaban J connectivity index is 3.32. The normalized spacial score (nSPS) is 28.2. The summed E-state index contributed by atoms with van der Waals surface area (Å²) in [6, 6.07) is 1.46. The van der Waals surface area contributed by atoms with Gasteiger partial charge in [0.25, 0.3) is 0 Å². The highest BCUT2D eigenvalue weighted by atomic mass is 28.4. The minimum absolute atomic E-state index is 0.252. The summed E-state index contributed by atoms with van der Waals surface area (Å²) in [6.45, 7) is 17.3. The number of hydrogen-bond donors (Lipinski definition) is 0. The Hall–Kier alpha value is 0.0569. The zero-order valence-corrected chi connectivity index (χ0v) is 16.6. The van der Waals surface area contributed by atoms with E-state index in [1.54, 1.807) is 0 Å². The average Bonchev–Trinajstić information content (AvgIpc) is 2.52. The van der Waals surface area contributed by atoms with Gasteiger partial charge in [-0.1, -0.05) is 20.8 Å². The van der Waals surface area contributed by atoms with E-state index in [0.29, 0.717) is 19.3 Å². The van der Waals surface area contributed by atoms with Crippen molar-refractivity contribution >= 4 is 8.56 Å². The second kappa shape index (κ2) is 9.38. The van der Waals surface area contributed by atoms with E-state index in [4.69, 9.17) is 13.6 Å². The van der Waals surface area contributed by atoms with Gasteiger partial charge in [0.05, 0.1) is 0 Å². The summed E-state index contributed by atoms with van der Waals surface area (Å²) in [6.07, 6.45) is 3.33. The molecule has 132 valence electrons. The van der Waals surface area contributed by atoms with Crippen LogP contribution in [0.1, 0.15) is 60.8 Å². The molecule has 1 fully saturated rings. The highest BCUT2D eigenvalue weighted by Crippen LogP contribution is 2.45. The Bertz CT molecular complexity index is 301. The highest BCUT2D eigenvalue weighted by molar-refractivity contribution is 6.71. The number of nitrogens with zero attached hydrogens (tertiary/aromatic N) is 1. The lowest BCUT2D eigenvalue weighted by atomic mass is 9.99. The van der Waals surface area contributed by atoms with Crippen LogP contribution in [-0.4, -0.2) is 57.6 Å². The van der Waals surface area contributed by atoms with Gasteiger partial charge in [0.15, 0.2) is 0 Å². The lowest BCUT2D eigenvalue weighted by Crippen LogP contribution is -2.74. The molecule has 0 aromatic heterocycles. The van der Waals surface area contributed by atoms with Gasteiger partial charge in [-0.25, -0.2) is 0 Å². The lowest BCUT2D eigenvalue weighted by Gasteiger charge is -2.55. The van der Waals surface area contributed by atoms with E-state index in [0.717, 1.165) is 32.2 Å². The standard InChI is InChI=1S/C17H37NO3Si/c1-7-17(19-10-4)16(18(8-2)9-3)14-13-15-22(17,20-11-5)21-12-6/h16H,7-15H2,1-6H3. The Morgan fingerprint density at radius 3 is 1.95 bits per heavy atom. The molecule has 0 bridgehead atoms. The molecule has 1 aliphatic heterocycles. The lowest BCUT2D eigenvalue weighted by molar-refractivity contribution is -0.0915. The topological polar surface area (TPSA) is 30.9 Å². The molecule has 0 spiro atoms. The molecule has 1 aliphatic rings. The van der Waals surface area contributed by atoms with Crippen LogP contribution in [0.25, 0.3) is 0 Å². The first-order valence-corrected chi connectivity index (χ1v) is 11.3. The van der Waals surface area contributed by atoms with Crippen LogP contribution in [0.15, 0.2) is 0 Å². The van der Waals surface area contributed by atoms with Crippen molar-refractivity contribution < 1.29 is 13.6 Å². The third kappa shape index (κ3) is 3.59. The fourth-order valence-corrected chi connectivity index (χ4v) is 8.96. The summed E-state index contributed by atoms with van der Waals surface area (Å²) < 4.78 is 19.3. The first-order chi connectivity index (χ1) is 10.6. The molecule has 0 aromatic carbocycles. The zero-order chi connectivity index (χ0) is 16.6. The molecule has 1 rings (SSSR count). The summed E-state index contributed by atoms with van der Waals surface area (Å²) in [5.74, 6) is 0. The predicted molar refractivity (Wildman–Crippen MR) is 94.4 cm³/mol. The third-order valence-corrected chi connectivity index (χ3v) is 9.74. The molecule has 0 radical (unpaired) electrons. The zero-order valence-electron chi connectivity index (χ0n) is 15.6. The molecule has 4 nitrogen and oxygen atoms in total. The molecule has 0 aromatic rings. The van der Waals surface area contributed by atoms with Gasteiger partial charge in [-0.15, -0.1) is 0 Å². The summed E-state index contributed by atoms with van der Waals surface area (Å²) in [7, 11) is -2.41. The fraction of sp³-hybridized carbons (Fsp3) is 1.00. The minimum Gasteiger partial charge on any atom is -0.393 e. The van der Waals surface area contributed by atoms with E-state index in [9.17, 15) is 0 Å². The van der Waals surface area contributed by atoms with Gasteiger partial charge >= 0.3 is 8.56 Å². The molecule has 2 atom stereocenters. The maximum atomic E-state index is 6.51. The second-order valence-electron chi connectivity index (χ2n) is 5.92. The maximum absolute atomic E-state index is 6.51. The Morgan fingerprint density at radius 2 is 1.55 bits per heavy atom. The first-order valence-electron chi connectivity index (χ1n) is 9.27. The molecule has 22 heavy (non-hydrogen) atoms. The van der Waals surface area contributed by atoms with E-state index in [2.05, 4.69) is 46.4 Å². The smallest absolute Gasteiger partial charge is 0.372 e. The van der Waals surface area contributed by atoms with Crippen molar-refractivity contribution in [2.75, 3.05) is 32.9 Å². The summed E-state index contributed by atoms with van der Waals surface area (Å²) in [4.78, 5) is 2.55. The monoisotopic (exact) mass is 331 g/mol. The van der Waals surface area contributed by atoms with Gasteiger partial charge in [0.1, 0.15) is 5.22 Å². The first kappa shape index (κ1) is 20.1. The van der Waals surface area contributed by atoms with E-state index in [-0.39, 0.29) is 5.22 Å². The largest absolute Gasteiger partial charge is 0.393 e. The molecule has 1 heterocycles. The van der Waals surface area contributed by atoms with Crippen LogP contribution in [0.5, 0.6) is 0 Å². The van der Waals surface area contributed by atoms with Gasteiger partial charge in [-0.05, 0) is 59.2 Å². The third-order valence-electron chi connectivity index (χ3n) is 5.10. The molecular formula is C17H37NO3Si. The van der Waals surface area contributed by atoms with Crippen molar-refractivity contribution in [3.8, 4) is 0 Å². The van der Waals surface area contributed by atoms with Crippen LogP contribution in [0, 0.1) is 0 Å². The van der Waals surface area contributed by atoms with Crippen molar-refractivity contribution in [3.63, 3.8) is 0 Å². The van der Waals surface area contributed by atoms with Crippen molar-refractivity contribution in [1.29, 1.82) is 0 Å². The summed E-state index contributed by atoms with van der Waals surface area (Å²) in [5, 5.41) is -0.252. The van der Waals surface area contributed by atoms with E-state index < -0.39 is 8.56 Å². The van der Waals surface area contributed by atoms with Crippen molar-refractivity contribution in [2.24, 2.45) is 0 Å². The van der Waals surface area contributed by atoms with Crippen molar-refractivity contribution in [3.05, 3.63) is 0 Å². The van der Waals surface area contributed by atoms with Crippen LogP contribution in [0.3, 0.4) is 0 Å². The second-order valence-corrected chi connectivity index (χ2v) is 9.35. The molecule has 0 saturated carbocycles. The molecule has 1 saturated heterocycles. The number of ether oxygens (including phenoxy) is 1. The van der Waals surface area contributed by atoms with Gasteiger partial charge in [0, 0.05) is 25.9 Å². The van der Waals surface area contributed by atoms with Crippen molar-refractivity contribution in [2.45, 2.75) is 78.1 Å². The average molecular weight is 332 g/mol. The Kier molecular flexibility index (Phi) is 8.57. The predicted octanol–water partition coefficient (Wildman–Crippen LogP) is 3.73. The van der Waals surface area contributed by atoms with E-state index >= 15 is 0 Å². The SMILES string of the molecule is CCOC1(CC)C(N(CC)CC)CCC[Si]1(OCC)OCC. The van der Waals surface area contributed by atoms with Crippen LogP contribution in [0.2, 0.25) is 6.04 Å². The quantitative estimate of drug-likeness (QED) is 0.571. The molecule has 0 amide bonds. The maximum Gasteiger partial charge on any atom is 0.372 e. The van der Waals surface area contributed by atoms with Crippen LogP contribution in [-0.2, 0) is 13.6 Å². The summed E-state index contributed by atoms with van der Waals surface area (Å²) in [5.41, 5.74) is 0. The molecular weight excluding hydrogens is 294 g/mol. The van der Waals surface area contributed by atoms with Crippen LogP contribution >= 0.6 is 0 Å². The van der Waals surface area contributed by atoms with Crippen LogP contribution in [0.4, 0.5) is 0 Å². The molecule has 2 unspecified atom stereocenters. The summed E-state index contributed by atoms with van der Waals surface area (Å²) >= 11 is 0. The van der Waals surface area contributed by atoms with Crippen LogP contribution < -0.4 is 0 Å².